The maximum atomic E-state index is 12.6. The van der Waals surface area contributed by atoms with E-state index < -0.39 is 5.82 Å². The van der Waals surface area contributed by atoms with E-state index in [9.17, 15) is 4.39 Å². The van der Waals surface area contributed by atoms with E-state index in [1.165, 1.54) is 19.2 Å². The standard InChI is InChI=1S/C7H6ClFO.Mg.2H/c1-10-7-3-2-5(8)4-6(7)9;;;/h2-4H,1H3;;;/q;+2;2*-1. The van der Waals surface area contributed by atoms with Crippen molar-refractivity contribution in [3.8, 4) is 5.75 Å². The average molecular weight is 187 g/mol. The summed E-state index contributed by atoms with van der Waals surface area (Å²) in [5.41, 5.74) is 0. The van der Waals surface area contributed by atoms with Crippen molar-refractivity contribution in [2.24, 2.45) is 0 Å². The zero-order valence-electron chi connectivity index (χ0n) is 8.10. The molecular formula is C7H8ClFMgO. The van der Waals surface area contributed by atoms with E-state index >= 15 is 0 Å². The molecule has 0 aromatic heterocycles. The third-order valence-corrected chi connectivity index (χ3v) is 1.35. The van der Waals surface area contributed by atoms with Gasteiger partial charge in [0.1, 0.15) is 0 Å². The molecule has 0 aliphatic carbocycles. The van der Waals surface area contributed by atoms with Crippen LogP contribution in [0.3, 0.4) is 0 Å². The Morgan fingerprint density at radius 2 is 2.18 bits per heavy atom. The number of methoxy groups -OCH3 is 1. The van der Waals surface area contributed by atoms with Crippen molar-refractivity contribution in [2.45, 2.75) is 0 Å². The van der Waals surface area contributed by atoms with Gasteiger partial charge >= 0.3 is 23.1 Å². The Labute approximate surface area is 88.6 Å². The predicted octanol–water partition coefficient (Wildman–Crippen LogP) is 2.33. The second-order valence-electron chi connectivity index (χ2n) is 1.78. The third-order valence-electron chi connectivity index (χ3n) is 1.11. The van der Waals surface area contributed by atoms with Crippen LogP contribution in [0.4, 0.5) is 4.39 Å². The fourth-order valence-corrected chi connectivity index (χ4v) is 0.800. The molecule has 1 nitrogen and oxygen atoms in total. The molecule has 0 saturated carbocycles. The molecule has 1 rings (SSSR count). The molecule has 0 spiro atoms. The first-order valence-corrected chi connectivity index (χ1v) is 3.11. The van der Waals surface area contributed by atoms with Crippen LogP contribution in [0.2, 0.25) is 5.02 Å². The molecule has 0 radical (unpaired) electrons. The summed E-state index contributed by atoms with van der Waals surface area (Å²) in [6, 6.07) is 4.27. The molecule has 0 N–H and O–H groups in total. The molecule has 0 amide bonds. The smallest absolute Gasteiger partial charge is 1.00 e. The van der Waals surface area contributed by atoms with Gasteiger partial charge in [-0.3, -0.25) is 0 Å². The number of halogens is 2. The van der Waals surface area contributed by atoms with Gasteiger partial charge < -0.3 is 7.59 Å². The normalized spacial score (nSPS) is 8.64. The average Bonchev–Trinajstić information content (AvgIpc) is 1.88. The van der Waals surface area contributed by atoms with Gasteiger partial charge in [-0.15, -0.1) is 0 Å². The fourth-order valence-electron chi connectivity index (χ4n) is 0.641. The molecule has 0 aliphatic heterocycles. The Balaban J connectivity index is -0.000000333. The first-order chi connectivity index (χ1) is 4.74. The van der Waals surface area contributed by atoms with E-state index in [2.05, 4.69) is 4.74 Å². The Morgan fingerprint density at radius 3 is 2.64 bits per heavy atom. The molecule has 0 aliphatic rings. The number of rotatable bonds is 1. The van der Waals surface area contributed by atoms with Gasteiger partial charge in [0.05, 0.1) is 7.11 Å². The summed E-state index contributed by atoms with van der Waals surface area (Å²) < 4.78 is 17.3. The molecule has 0 fully saturated rings. The molecule has 1 aromatic carbocycles. The molecule has 0 atom stereocenters. The van der Waals surface area contributed by atoms with E-state index in [4.69, 9.17) is 11.6 Å². The molecule has 58 valence electrons. The fraction of sp³-hybridized carbons (Fsp3) is 0.143. The maximum Gasteiger partial charge on any atom is 2.00 e. The minimum Gasteiger partial charge on any atom is -1.00 e. The van der Waals surface area contributed by atoms with E-state index in [0.717, 1.165) is 0 Å². The van der Waals surface area contributed by atoms with Gasteiger partial charge in [-0.05, 0) is 18.2 Å². The minimum absolute atomic E-state index is 0. The molecule has 11 heavy (non-hydrogen) atoms. The first-order valence-electron chi connectivity index (χ1n) is 2.73. The molecule has 1 aromatic rings. The summed E-state index contributed by atoms with van der Waals surface area (Å²) in [6.45, 7) is 0. The first kappa shape index (κ1) is 11.0. The van der Waals surface area contributed by atoms with Crippen molar-refractivity contribution < 1.29 is 12.0 Å². The van der Waals surface area contributed by atoms with Crippen LogP contribution in [0, 0.1) is 5.82 Å². The number of benzene rings is 1. The van der Waals surface area contributed by atoms with E-state index in [0.29, 0.717) is 5.02 Å². The van der Waals surface area contributed by atoms with Crippen LogP contribution in [0.1, 0.15) is 2.85 Å². The number of hydrogen-bond donors (Lipinski definition) is 0. The van der Waals surface area contributed by atoms with Gasteiger partial charge in [-0.25, -0.2) is 4.39 Å². The van der Waals surface area contributed by atoms with Crippen molar-refractivity contribution in [3.63, 3.8) is 0 Å². The second kappa shape index (κ2) is 4.80. The van der Waals surface area contributed by atoms with Gasteiger partial charge in [-0.2, -0.15) is 0 Å². The quantitative estimate of drug-likeness (QED) is 0.613. The Kier molecular flexibility index (Phi) is 4.80. The van der Waals surface area contributed by atoms with Crippen molar-refractivity contribution in [1.82, 2.24) is 0 Å². The maximum absolute atomic E-state index is 12.6. The topological polar surface area (TPSA) is 9.23 Å². The zero-order chi connectivity index (χ0) is 7.56. The molecule has 0 saturated heterocycles. The molecule has 0 bridgehead atoms. The summed E-state index contributed by atoms with van der Waals surface area (Å²) in [4.78, 5) is 0. The van der Waals surface area contributed by atoms with Crippen LogP contribution in [-0.4, -0.2) is 30.2 Å². The van der Waals surface area contributed by atoms with Crippen LogP contribution in [0.5, 0.6) is 5.75 Å². The van der Waals surface area contributed by atoms with Gasteiger partial charge in [0, 0.05) is 5.02 Å². The SMILES string of the molecule is COc1ccc(Cl)cc1F.[H-].[H-].[Mg+2]. The van der Waals surface area contributed by atoms with Gasteiger partial charge in [-0.1, -0.05) is 11.6 Å². The van der Waals surface area contributed by atoms with Gasteiger partial charge in [0.15, 0.2) is 11.6 Å². The van der Waals surface area contributed by atoms with Crippen molar-refractivity contribution in [1.29, 1.82) is 0 Å². The van der Waals surface area contributed by atoms with Gasteiger partial charge in [0.2, 0.25) is 0 Å². The Morgan fingerprint density at radius 1 is 1.55 bits per heavy atom. The van der Waals surface area contributed by atoms with Crippen LogP contribution in [0.15, 0.2) is 18.2 Å². The summed E-state index contributed by atoms with van der Waals surface area (Å²) in [6.07, 6.45) is 0. The van der Waals surface area contributed by atoms with Crippen LogP contribution >= 0.6 is 11.6 Å². The summed E-state index contributed by atoms with van der Waals surface area (Å²) in [5, 5.41) is 0.373. The largest absolute Gasteiger partial charge is 2.00 e. The van der Waals surface area contributed by atoms with Crippen molar-refractivity contribution in [2.75, 3.05) is 7.11 Å². The van der Waals surface area contributed by atoms with E-state index in [-0.39, 0.29) is 31.7 Å². The van der Waals surface area contributed by atoms with Crippen LogP contribution in [-0.2, 0) is 0 Å². The molecular weight excluding hydrogens is 179 g/mol. The Hall–Kier alpha value is 0.00623. The zero-order valence-corrected chi connectivity index (χ0v) is 8.27. The Bertz CT molecular complexity index is 250. The second-order valence-corrected chi connectivity index (χ2v) is 2.22. The third kappa shape index (κ3) is 2.85. The van der Waals surface area contributed by atoms with Crippen molar-refractivity contribution in [3.05, 3.63) is 29.0 Å². The summed E-state index contributed by atoms with van der Waals surface area (Å²) >= 11 is 5.48. The molecule has 4 heteroatoms. The van der Waals surface area contributed by atoms with Gasteiger partial charge in [0.25, 0.3) is 0 Å². The van der Waals surface area contributed by atoms with E-state index in [1.807, 2.05) is 0 Å². The number of ether oxygens (including phenoxy) is 1. The summed E-state index contributed by atoms with van der Waals surface area (Å²) in [5.74, 6) is -0.223. The molecule has 0 heterocycles. The predicted molar refractivity (Wildman–Crippen MR) is 45.9 cm³/mol. The van der Waals surface area contributed by atoms with Crippen LogP contribution in [0.25, 0.3) is 0 Å². The van der Waals surface area contributed by atoms with Crippen LogP contribution < -0.4 is 4.74 Å². The monoisotopic (exact) mass is 186 g/mol. The van der Waals surface area contributed by atoms with E-state index in [1.54, 1.807) is 6.07 Å². The van der Waals surface area contributed by atoms with Crippen molar-refractivity contribution >= 4 is 34.7 Å². The molecule has 0 unspecified atom stereocenters. The number of hydrogen-bond acceptors (Lipinski definition) is 1. The summed E-state index contributed by atoms with van der Waals surface area (Å²) in [7, 11) is 1.41. The minimum atomic E-state index is -0.435.